The summed E-state index contributed by atoms with van der Waals surface area (Å²) in [4.78, 5) is 24.0. The van der Waals surface area contributed by atoms with Crippen LogP contribution in [-0.2, 0) is 4.79 Å². The van der Waals surface area contributed by atoms with Gasteiger partial charge < -0.3 is 11.2 Å². The number of hydrogen-bond acceptors (Lipinski definition) is 6. The number of nitrogen functional groups attached to an aromatic ring is 1. The maximum atomic E-state index is 12.2. The predicted molar refractivity (Wildman–Crippen MR) is 102 cm³/mol. The lowest BCUT2D eigenvalue weighted by molar-refractivity contribution is -0.119. The molecule has 0 aliphatic carbocycles. The SMILES string of the molecule is C[C@H](Sc1nnc(-c2cccc(Cl)c2)n1N)C(=O)NC(=O)NC(C)(C)C. The number of hydrogen-bond donors (Lipinski definition) is 3. The van der Waals surface area contributed by atoms with Crippen molar-refractivity contribution in [1.29, 1.82) is 0 Å². The molecule has 0 aliphatic rings. The highest BCUT2D eigenvalue weighted by atomic mass is 35.5. The second-order valence-corrected chi connectivity index (χ2v) is 8.38. The zero-order chi connectivity index (χ0) is 19.5. The summed E-state index contributed by atoms with van der Waals surface area (Å²) in [5.74, 6) is 6.00. The summed E-state index contributed by atoms with van der Waals surface area (Å²) in [5.41, 5.74) is 0.269. The largest absolute Gasteiger partial charge is 0.335 e. The van der Waals surface area contributed by atoms with Crippen LogP contribution in [0.5, 0.6) is 0 Å². The standard InChI is InChI=1S/C16H21ClN6O2S/c1-9(13(24)19-14(25)20-16(2,3)4)26-15-22-21-12(23(15)18)10-6-5-7-11(17)8-10/h5-9H,18H2,1-4H3,(H2,19,20,24,25)/t9-/m0/s1. The Balaban J connectivity index is 2.04. The fourth-order valence-electron chi connectivity index (χ4n) is 1.98. The van der Waals surface area contributed by atoms with Crippen molar-refractivity contribution in [2.45, 2.75) is 43.6 Å². The van der Waals surface area contributed by atoms with E-state index in [-0.39, 0.29) is 0 Å². The van der Waals surface area contributed by atoms with Crippen LogP contribution in [-0.4, -0.2) is 37.6 Å². The van der Waals surface area contributed by atoms with Gasteiger partial charge in [-0.15, -0.1) is 10.2 Å². The average molecular weight is 397 g/mol. The Morgan fingerprint density at radius 2 is 2.00 bits per heavy atom. The molecule has 2 aromatic rings. The van der Waals surface area contributed by atoms with E-state index in [0.29, 0.717) is 21.6 Å². The minimum atomic E-state index is -0.598. The molecule has 8 nitrogen and oxygen atoms in total. The van der Waals surface area contributed by atoms with Crippen LogP contribution < -0.4 is 16.5 Å². The van der Waals surface area contributed by atoms with Crippen LogP contribution in [0.3, 0.4) is 0 Å². The topological polar surface area (TPSA) is 115 Å². The summed E-state index contributed by atoms with van der Waals surface area (Å²) in [6.07, 6.45) is 0. The second-order valence-electron chi connectivity index (χ2n) is 6.64. The molecule has 140 valence electrons. The number of halogens is 1. The molecule has 2 rings (SSSR count). The van der Waals surface area contributed by atoms with Crippen molar-refractivity contribution in [2.75, 3.05) is 5.84 Å². The van der Waals surface area contributed by atoms with Gasteiger partial charge in [0.2, 0.25) is 11.1 Å². The zero-order valence-electron chi connectivity index (χ0n) is 14.9. The summed E-state index contributed by atoms with van der Waals surface area (Å²) >= 11 is 7.08. The molecule has 0 fully saturated rings. The van der Waals surface area contributed by atoms with Crippen molar-refractivity contribution >= 4 is 35.3 Å². The van der Waals surface area contributed by atoms with Crippen LogP contribution in [0, 0.1) is 0 Å². The highest BCUT2D eigenvalue weighted by Crippen LogP contribution is 2.26. The van der Waals surface area contributed by atoms with Gasteiger partial charge in [-0.05, 0) is 39.8 Å². The summed E-state index contributed by atoms with van der Waals surface area (Å²) in [6.45, 7) is 7.12. The molecule has 1 heterocycles. The number of thioether (sulfide) groups is 1. The average Bonchev–Trinajstić information content (AvgIpc) is 2.86. The number of carbonyl (C=O) groups is 2. The van der Waals surface area contributed by atoms with Gasteiger partial charge in [0.05, 0.1) is 5.25 Å². The highest BCUT2D eigenvalue weighted by Gasteiger charge is 2.23. The summed E-state index contributed by atoms with van der Waals surface area (Å²) in [5, 5.41) is 13.3. The van der Waals surface area contributed by atoms with Gasteiger partial charge in [-0.3, -0.25) is 10.1 Å². The number of nitrogens with zero attached hydrogens (tertiary/aromatic N) is 3. The monoisotopic (exact) mass is 396 g/mol. The normalized spacial score (nSPS) is 12.5. The van der Waals surface area contributed by atoms with Crippen molar-refractivity contribution in [3.8, 4) is 11.4 Å². The van der Waals surface area contributed by atoms with Crippen molar-refractivity contribution < 1.29 is 9.59 Å². The summed E-state index contributed by atoms with van der Waals surface area (Å²) in [7, 11) is 0. The van der Waals surface area contributed by atoms with E-state index < -0.39 is 22.7 Å². The lowest BCUT2D eigenvalue weighted by Crippen LogP contribution is -2.49. The van der Waals surface area contributed by atoms with Crippen LogP contribution in [0.25, 0.3) is 11.4 Å². The van der Waals surface area contributed by atoms with E-state index in [1.54, 1.807) is 31.2 Å². The number of carbonyl (C=O) groups excluding carboxylic acids is 2. The molecular formula is C16H21ClN6O2S. The third kappa shape index (κ3) is 5.37. The van der Waals surface area contributed by atoms with Crippen molar-refractivity contribution in [3.05, 3.63) is 29.3 Å². The smallest absolute Gasteiger partial charge is 0.321 e. The Morgan fingerprint density at radius 3 is 2.62 bits per heavy atom. The molecule has 26 heavy (non-hydrogen) atoms. The Hall–Kier alpha value is -2.26. The molecule has 1 aromatic heterocycles. The molecule has 0 unspecified atom stereocenters. The van der Waals surface area contributed by atoms with E-state index in [9.17, 15) is 9.59 Å². The van der Waals surface area contributed by atoms with Crippen LogP contribution >= 0.6 is 23.4 Å². The Bertz CT molecular complexity index is 817. The van der Waals surface area contributed by atoms with Gasteiger partial charge in [-0.1, -0.05) is 35.5 Å². The van der Waals surface area contributed by atoms with Crippen LogP contribution in [0.15, 0.2) is 29.4 Å². The van der Waals surface area contributed by atoms with Gasteiger partial charge in [0.15, 0.2) is 5.82 Å². The number of benzene rings is 1. The minimum absolute atomic E-state index is 0.346. The van der Waals surface area contributed by atoms with Gasteiger partial charge in [0.25, 0.3) is 0 Å². The molecule has 1 aromatic carbocycles. The summed E-state index contributed by atoms with van der Waals surface area (Å²) in [6, 6.07) is 6.50. The van der Waals surface area contributed by atoms with Gasteiger partial charge in [-0.25, -0.2) is 9.47 Å². The molecular weight excluding hydrogens is 376 g/mol. The third-order valence-corrected chi connectivity index (χ3v) is 4.42. The number of urea groups is 1. The van der Waals surface area contributed by atoms with Crippen molar-refractivity contribution in [1.82, 2.24) is 25.5 Å². The molecule has 0 saturated carbocycles. The predicted octanol–water partition coefficient (Wildman–Crippen LogP) is 2.42. The van der Waals surface area contributed by atoms with Gasteiger partial charge in [-0.2, -0.15) is 0 Å². The second kappa shape index (κ2) is 7.96. The van der Waals surface area contributed by atoms with Gasteiger partial charge >= 0.3 is 6.03 Å². The third-order valence-electron chi connectivity index (χ3n) is 3.12. The van der Waals surface area contributed by atoms with Crippen molar-refractivity contribution in [3.63, 3.8) is 0 Å². The van der Waals surface area contributed by atoms with Crippen LogP contribution in [0.4, 0.5) is 4.79 Å². The number of nitrogens with one attached hydrogen (secondary N) is 2. The Labute approximate surface area is 160 Å². The quantitative estimate of drug-likeness (QED) is 0.540. The number of amides is 3. The highest BCUT2D eigenvalue weighted by molar-refractivity contribution is 8.00. The van der Waals surface area contributed by atoms with Gasteiger partial charge in [0, 0.05) is 16.1 Å². The Morgan fingerprint density at radius 1 is 1.31 bits per heavy atom. The lowest BCUT2D eigenvalue weighted by Gasteiger charge is -2.21. The number of imide groups is 1. The molecule has 10 heteroatoms. The number of aromatic nitrogens is 3. The van der Waals surface area contributed by atoms with E-state index in [2.05, 4.69) is 20.8 Å². The maximum absolute atomic E-state index is 12.2. The first-order valence-corrected chi connectivity index (χ1v) is 9.08. The maximum Gasteiger partial charge on any atom is 0.321 e. The molecule has 0 spiro atoms. The molecule has 1 atom stereocenters. The first kappa shape index (κ1) is 20.1. The van der Waals surface area contributed by atoms with Crippen LogP contribution in [0.1, 0.15) is 27.7 Å². The lowest BCUT2D eigenvalue weighted by atomic mass is 10.1. The molecule has 0 aliphatic heterocycles. The minimum Gasteiger partial charge on any atom is -0.335 e. The van der Waals surface area contributed by atoms with E-state index in [1.165, 1.54) is 4.68 Å². The van der Waals surface area contributed by atoms with E-state index in [0.717, 1.165) is 11.8 Å². The zero-order valence-corrected chi connectivity index (χ0v) is 16.5. The first-order chi connectivity index (χ1) is 12.1. The molecule has 3 amide bonds. The van der Waals surface area contributed by atoms with Gasteiger partial charge in [0.1, 0.15) is 0 Å². The van der Waals surface area contributed by atoms with E-state index >= 15 is 0 Å². The molecule has 4 N–H and O–H groups in total. The fraction of sp³-hybridized carbons (Fsp3) is 0.375. The molecule has 0 bridgehead atoms. The van der Waals surface area contributed by atoms with Crippen molar-refractivity contribution in [2.24, 2.45) is 0 Å². The molecule has 0 saturated heterocycles. The summed E-state index contributed by atoms with van der Waals surface area (Å²) < 4.78 is 1.29. The first-order valence-electron chi connectivity index (χ1n) is 7.83. The van der Waals surface area contributed by atoms with E-state index in [1.807, 2.05) is 20.8 Å². The number of nitrogens with two attached hydrogens (primary N) is 1. The number of rotatable bonds is 4. The Kier molecular flexibility index (Phi) is 6.14. The molecule has 0 radical (unpaired) electrons. The van der Waals surface area contributed by atoms with Crippen LogP contribution in [0.2, 0.25) is 5.02 Å². The fourth-order valence-corrected chi connectivity index (χ4v) is 2.94. The van der Waals surface area contributed by atoms with E-state index in [4.69, 9.17) is 17.4 Å².